The van der Waals surface area contributed by atoms with Crippen LogP contribution in [0.1, 0.15) is 52.7 Å². The Morgan fingerprint density at radius 3 is 2.48 bits per heavy atom. The number of rotatable bonds is 7. The minimum atomic E-state index is -0.946. The monoisotopic (exact) mass is 395 g/mol. The lowest BCUT2D eigenvalue weighted by molar-refractivity contribution is -0.127. The molecule has 2 unspecified atom stereocenters. The first-order valence-electron chi connectivity index (χ1n) is 10.2. The number of carboxylic acid groups (broad SMARTS) is 1. The average Bonchev–Trinajstić information content (AvgIpc) is 2.72. The quantitative estimate of drug-likeness (QED) is 0.730. The van der Waals surface area contributed by atoms with Gasteiger partial charge in [0.25, 0.3) is 0 Å². The van der Waals surface area contributed by atoms with Crippen molar-refractivity contribution in [3.05, 3.63) is 64.7 Å². The molecule has 0 aliphatic heterocycles. The minimum Gasteiger partial charge on any atom is -0.497 e. The molecule has 154 valence electrons. The molecule has 2 atom stereocenters. The Bertz CT molecular complexity index is 860. The van der Waals surface area contributed by atoms with Crippen LogP contribution in [0, 0.1) is 18.8 Å². The Kier molecular flexibility index (Phi) is 6.91. The van der Waals surface area contributed by atoms with Crippen LogP contribution in [-0.2, 0) is 17.8 Å². The van der Waals surface area contributed by atoms with Crippen molar-refractivity contribution in [2.45, 2.75) is 45.6 Å². The molecule has 3 rings (SSSR count). The fraction of sp³-hybridized carbons (Fsp3) is 0.417. The van der Waals surface area contributed by atoms with Crippen molar-refractivity contribution in [3.8, 4) is 5.75 Å². The van der Waals surface area contributed by atoms with Gasteiger partial charge in [0.15, 0.2) is 0 Å². The van der Waals surface area contributed by atoms with Crippen LogP contribution in [0.4, 0.5) is 0 Å². The van der Waals surface area contributed by atoms with Crippen molar-refractivity contribution < 1.29 is 19.4 Å². The molecule has 1 saturated carbocycles. The maximum atomic E-state index is 12.9. The standard InChI is InChI=1S/C24H29NO4/c1-16-11-18(14-21(12-16)29-2)13-20-5-3-4-6-22(20)23(26)25-15-17-7-9-19(10-8-17)24(27)28/h7-12,14,20,22H,3-6,13,15H2,1-2H3,(H,25,26)(H,27,28). The molecule has 2 aromatic rings. The van der Waals surface area contributed by atoms with E-state index in [1.807, 2.05) is 6.07 Å². The number of carbonyl (C=O) groups excluding carboxylic acids is 1. The second kappa shape index (κ2) is 9.59. The maximum absolute atomic E-state index is 12.9. The Morgan fingerprint density at radius 2 is 1.79 bits per heavy atom. The molecule has 0 saturated heterocycles. The third kappa shape index (κ3) is 5.59. The summed E-state index contributed by atoms with van der Waals surface area (Å²) in [5.41, 5.74) is 3.54. The summed E-state index contributed by atoms with van der Waals surface area (Å²) in [5.74, 6) is 0.342. The van der Waals surface area contributed by atoms with E-state index in [4.69, 9.17) is 9.84 Å². The third-order valence-electron chi connectivity index (χ3n) is 5.76. The van der Waals surface area contributed by atoms with E-state index in [1.165, 1.54) is 11.1 Å². The number of benzene rings is 2. The second-order valence-corrected chi connectivity index (χ2v) is 7.93. The number of amides is 1. The number of nitrogens with one attached hydrogen (secondary N) is 1. The van der Waals surface area contributed by atoms with Crippen molar-refractivity contribution in [1.82, 2.24) is 5.32 Å². The third-order valence-corrected chi connectivity index (χ3v) is 5.76. The van der Waals surface area contributed by atoms with Crippen LogP contribution in [0.2, 0.25) is 0 Å². The maximum Gasteiger partial charge on any atom is 0.335 e. The van der Waals surface area contributed by atoms with E-state index >= 15 is 0 Å². The molecule has 0 aromatic heterocycles. The number of hydrogen-bond acceptors (Lipinski definition) is 3. The van der Waals surface area contributed by atoms with Gasteiger partial charge in [0.2, 0.25) is 5.91 Å². The van der Waals surface area contributed by atoms with Crippen LogP contribution >= 0.6 is 0 Å². The first-order chi connectivity index (χ1) is 14.0. The highest BCUT2D eigenvalue weighted by atomic mass is 16.5. The van der Waals surface area contributed by atoms with E-state index in [9.17, 15) is 9.59 Å². The van der Waals surface area contributed by atoms with Gasteiger partial charge in [0.1, 0.15) is 5.75 Å². The molecule has 0 spiro atoms. The van der Waals surface area contributed by atoms with E-state index in [0.29, 0.717) is 12.5 Å². The molecule has 2 N–H and O–H groups in total. The summed E-state index contributed by atoms with van der Waals surface area (Å²) >= 11 is 0. The average molecular weight is 395 g/mol. The molecule has 1 aliphatic rings. The normalized spacial score (nSPS) is 18.8. The molecule has 5 heteroatoms. The minimum absolute atomic E-state index is 0.00792. The molecular formula is C24H29NO4. The summed E-state index contributed by atoms with van der Waals surface area (Å²) in [6, 6.07) is 12.9. The number of carboxylic acids is 1. The molecule has 0 radical (unpaired) electrons. The van der Waals surface area contributed by atoms with Crippen molar-refractivity contribution >= 4 is 11.9 Å². The van der Waals surface area contributed by atoms with Crippen LogP contribution in [0.3, 0.4) is 0 Å². The Hall–Kier alpha value is -2.82. The van der Waals surface area contributed by atoms with E-state index in [2.05, 4.69) is 24.4 Å². The molecule has 0 heterocycles. The predicted molar refractivity (Wildman–Crippen MR) is 112 cm³/mol. The van der Waals surface area contributed by atoms with Gasteiger partial charge in [-0.05, 0) is 73.1 Å². The largest absolute Gasteiger partial charge is 0.497 e. The van der Waals surface area contributed by atoms with Gasteiger partial charge in [0.05, 0.1) is 12.7 Å². The molecule has 29 heavy (non-hydrogen) atoms. The van der Waals surface area contributed by atoms with Crippen molar-refractivity contribution in [1.29, 1.82) is 0 Å². The number of aromatic carboxylic acids is 1. The van der Waals surface area contributed by atoms with Gasteiger partial charge in [-0.25, -0.2) is 4.79 Å². The van der Waals surface area contributed by atoms with Crippen molar-refractivity contribution in [2.75, 3.05) is 7.11 Å². The SMILES string of the molecule is COc1cc(C)cc(CC2CCCCC2C(=O)NCc2ccc(C(=O)O)cc2)c1. The lowest BCUT2D eigenvalue weighted by Crippen LogP contribution is -2.37. The Labute approximate surface area is 172 Å². The van der Waals surface area contributed by atoms with Crippen LogP contribution in [0.5, 0.6) is 5.75 Å². The molecule has 0 bridgehead atoms. The van der Waals surface area contributed by atoms with Gasteiger partial charge < -0.3 is 15.2 Å². The summed E-state index contributed by atoms with van der Waals surface area (Å²) in [5, 5.41) is 12.0. The first-order valence-corrected chi connectivity index (χ1v) is 10.2. The van der Waals surface area contributed by atoms with Gasteiger partial charge in [-0.15, -0.1) is 0 Å². The molecular weight excluding hydrogens is 366 g/mol. The van der Waals surface area contributed by atoms with Gasteiger partial charge in [-0.3, -0.25) is 4.79 Å². The zero-order valence-electron chi connectivity index (χ0n) is 17.1. The van der Waals surface area contributed by atoms with Crippen LogP contribution < -0.4 is 10.1 Å². The van der Waals surface area contributed by atoms with Crippen LogP contribution in [0.15, 0.2) is 42.5 Å². The van der Waals surface area contributed by atoms with E-state index in [0.717, 1.165) is 43.4 Å². The van der Waals surface area contributed by atoms with Crippen molar-refractivity contribution in [2.24, 2.45) is 11.8 Å². The second-order valence-electron chi connectivity index (χ2n) is 7.93. The fourth-order valence-electron chi connectivity index (χ4n) is 4.25. The Balaban J connectivity index is 1.63. The fourth-order valence-corrected chi connectivity index (χ4v) is 4.25. The Morgan fingerprint density at radius 1 is 1.07 bits per heavy atom. The lowest BCUT2D eigenvalue weighted by Gasteiger charge is -2.31. The molecule has 2 aromatic carbocycles. The van der Waals surface area contributed by atoms with Crippen LogP contribution in [-0.4, -0.2) is 24.1 Å². The zero-order chi connectivity index (χ0) is 20.8. The summed E-state index contributed by atoms with van der Waals surface area (Å²) in [6.45, 7) is 2.48. The highest BCUT2D eigenvalue weighted by Crippen LogP contribution is 2.33. The topological polar surface area (TPSA) is 75.6 Å². The molecule has 1 amide bonds. The lowest BCUT2D eigenvalue weighted by atomic mass is 9.75. The van der Waals surface area contributed by atoms with E-state index in [1.54, 1.807) is 31.4 Å². The van der Waals surface area contributed by atoms with Gasteiger partial charge in [0, 0.05) is 12.5 Å². The highest BCUT2D eigenvalue weighted by molar-refractivity contribution is 5.87. The van der Waals surface area contributed by atoms with Crippen molar-refractivity contribution in [3.63, 3.8) is 0 Å². The molecule has 1 aliphatic carbocycles. The van der Waals surface area contributed by atoms with Gasteiger partial charge in [-0.2, -0.15) is 0 Å². The number of ether oxygens (including phenoxy) is 1. The van der Waals surface area contributed by atoms with Crippen LogP contribution in [0.25, 0.3) is 0 Å². The number of aryl methyl sites for hydroxylation is 1. The smallest absolute Gasteiger partial charge is 0.335 e. The van der Waals surface area contributed by atoms with E-state index in [-0.39, 0.29) is 17.4 Å². The summed E-state index contributed by atoms with van der Waals surface area (Å²) in [6.07, 6.45) is 5.09. The predicted octanol–water partition coefficient (Wildman–Crippen LogP) is 4.37. The first kappa shape index (κ1) is 20.9. The summed E-state index contributed by atoms with van der Waals surface area (Å²) < 4.78 is 5.39. The number of carbonyl (C=O) groups is 2. The van der Waals surface area contributed by atoms with Gasteiger partial charge in [-0.1, -0.05) is 31.0 Å². The summed E-state index contributed by atoms with van der Waals surface area (Å²) in [4.78, 5) is 23.9. The summed E-state index contributed by atoms with van der Waals surface area (Å²) in [7, 11) is 1.68. The molecule has 1 fully saturated rings. The molecule has 5 nitrogen and oxygen atoms in total. The highest BCUT2D eigenvalue weighted by Gasteiger charge is 2.30. The van der Waals surface area contributed by atoms with E-state index < -0.39 is 5.97 Å². The number of methoxy groups -OCH3 is 1. The van der Waals surface area contributed by atoms with Gasteiger partial charge >= 0.3 is 5.97 Å². The zero-order valence-corrected chi connectivity index (χ0v) is 17.1. The number of hydrogen-bond donors (Lipinski definition) is 2.